The van der Waals surface area contributed by atoms with Gasteiger partial charge in [-0.25, -0.2) is 4.79 Å². The molecule has 2 atom stereocenters. The Morgan fingerprint density at radius 2 is 1.67 bits per heavy atom. The zero-order valence-electron chi connectivity index (χ0n) is 20.3. The molecule has 1 aliphatic carbocycles. The molecule has 3 amide bonds. The minimum absolute atomic E-state index is 0.0371. The molecular formula is C24H37N3O6. The highest BCUT2D eigenvalue weighted by Crippen LogP contribution is 2.34. The van der Waals surface area contributed by atoms with Crippen LogP contribution in [-0.2, 0) is 14.3 Å². The molecule has 4 N–H and O–H groups in total. The first kappa shape index (κ1) is 26.4. The fourth-order valence-corrected chi connectivity index (χ4v) is 3.53. The van der Waals surface area contributed by atoms with Gasteiger partial charge in [-0.1, -0.05) is 12.1 Å². The van der Waals surface area contributed by atoms with Crippen LogP contribution in [0.4, 0.5) is 4.79 Å². The van der Waals surface area contributed by atoms with Gasteiger partial charge in [-0.15, -0.1) is 0 Å². The van der Waals surface area contributed by atoms with Crippen molar-refractivity contribution in [2.24, 2.45) is 0 Å². The van der Waals surface area contributed by atoms with Crippen LogP contribution < -0.4 is 10.6 Å². The lowest BCUT2D eigenvalue weighted by atomic mass is 9.88. The lowest BCUT2D eigenvalue weighted by Crippen LogP contribution is -2.59. The summed E-state index contributed by atoms with van der Waals surface area (Å²) in [5.74, 6) is -0.923. The third kappa shape index (κ3) is 7.63. The van der Waals surface area contributed by atoms with E-state index in [1.807, 2.05) is 20.8 Å². The molecule has 1 saturated carbocycles. The summed E-state index contributed by atoms with van der Waals surface area (Å²) >= 11 is 0. The van der Waals surface area contributed by atoms with Gasteiger partial charge in [0.25, 0.3) is 0 Å². The zero-order valence-corrected chi connectivity index (χ0v) is 20.3. The van der Waals surface area contributed by atoms with Crippen LogP contribution in [0.25, 0.3) is 0 Å². The van der Waals surface area contributed by atoms with Crippen molar-refractivity contribution >= 4 is 17.9 Å². The minimum atomic E-state index is -1.28. The average molecular weight is 464 g/mol. The Labute approximate surface area is 195 Å². The number of phenolic OH excluding ortho intramolecular Hbond substituents is 1. The molecule has 1 aromatic carbocycles. The van der Waals surface area contributed by atoms with Gasteiger partial charge in [0.05, 0.1) is 6.61 Å². The van der Waals surface area contributed by atoms with Crippen molar-refractivity contribution < 1.29 is 29.3 Å². The van der Waals surface area contributed by atoms with Crippen LogP contribution in [0, 0.1) is 0 Å². The number of rotatable bonds is 7. The zero-order chi connectivity index (χ0) is 25.0. The molecule has 0 heterocycles. The van der Waals surface area contributed by atoms with E-state index in [0.717, 1.165) is 6.42 Å². The second-order valence-electron chi connectivity index (χ2n) is 10.4. The van der Waals surface area contributed by atoms with E-state index in [1.165, 1.54) is 17.0 Å². The largest absolute Gasteiger partial charge is 0.508 e. The molecule has 2 unspecified atom stereocenters. The number of benzene rings is 1. The molecule has 9 heteroatoms. The number of aliphatic hydroxyl groups excluding tert-OH is 1. The molecule has 0 saturated heterocycles. The molecule has 1 aromatic rings. The van der Waals surface area contributed by atoms with Gasteiger partial charge >= 0.3 is 6.09 Å². The smallest absolute Gasteiger partial charge is 0.408 e. The Morgan fingerprint density at radius 3 is 2.09 bits per heavy atom. The number of carbonyl (C=O) groups is 3. The summed E-state index contributed by atoms with van der Waals surface area (Å²) in [6, 6.07) is 3.60. The monoisotopic (exact) mass is 463 g/mol. The van der Waals surface area contributed by atoms with E-state index in [9.17, 15) is 24.6 Å². The van der Waals surface area contributed by atoms with Gasteiger partial charge in [-0.3, -0.25) is 9.59 Å². The number of carbonyl (C=O) groups excluding carboxylic acids is 3. The maximum Gasteiger partial charge on any atom is 0.408 e. The molecule has 1 aliphatic rings. The number of aromatic hydroxyl groups is 1. The van der Waals surface area contributed by atoms with Gasteiger partial charge in [0.1, 0.15) is 23.4 Å². The van der Waals surface area contributed by atoms with Crippen molar-refractivity contribution in [2.45, 2.75) is 90.1 Å². The van der Waals surface area contributed by atoms with Gasteiger partial charge in [0, 0.05) is 11.6 Å². The van der Waals surface area contributed by atoms with Crippen LogP contribution in [0.15, 0.2) is 24.3 Å². The van der Waals surface area contributed by atoms with Crippen molar-refractivity contribution in [3.8, 4) is 5.75 Å². The SMILES string of the molecule is CC(C)(C)NC(=O)C(c1ccc(O)cc1)N(C(=O)C(CO)NC(=O)OC(C)(C)C)C1CCC1. The first-order chi connectivity index (χ1) is 15.2. The quantitative estimate of drug-likeness (QED) is 0.492. The molecular weight excluding hydrogens is 426 g/mol. The average Bonchev–Trinajstić information content (AvgIpc) is 2.62. The highest BCUT2D eigenvalue weighted by Gasteiger charge is 2.42. The second-order valence-corrected chi connectivity index (χ2v) is 10.4. The molecule has 0 bridgehead atoms. The number of aliphatic hydroxyl groups is 1. The van der Waals surface area contributed by atoms with Crippen LogP contribution in [0.5, 0.6) is 5.75 Å². The standard InChI is InChI=1S/C24H37N3O6/c1-23(2,3)26-20(30)19(15-10-12-17(29)13-11-15)27(16-8-7-9-16)21(31)18(14-28)25-22(32)33-24(4,5)6/h10-13,16,18-19,28-29H,7-9,14H2,1-6H3,(H,25,32)(H,26,30). The Hall–Kier alpha value is -2.81. The summed E-state index contributed by atoms with van der Waals surface area (Å²) in [6.45, 7) is 9.96. The summed E-state index contributed by atoms with van der Waals surface area (Å²) in [7, 11) is 0. The van der Waals surface area contributed by atoms with Crippen LogP contribution in [0.3, 0.4) is 0 Å². The highest BCUT2D eigenvalue weighted by molar-refractivity contribution is 5.92. The highest BCUT2D eigenvalue weighted by atomic mass is 16.6. The van der Waals surface area contributed by atoms with Gasteiger partial charge < -0.3 is 30.5 Å². The minimum Gasteiger partial charge on any atom is -0.508 e. The summed E-state index contributed by atoms with van der Waals surface area (Å²) in [5, 5.41) is 25.0. The molecule has 2 rings (SSSR count). The maximum atomic E-state index is 13.6. The van der Waals surface area contributed by atoms with E-state index < -0.39 is 41.8 Å². The molecule has 0 aliphatic heterocycles. The van der Waals surface area contributed by atoms with Gasteiger partial charge in [0.15, 0.2) is 0 Å². The van der Waals surface area contributed by atoms with Crippen molar-refractivity contribution in [2.75, 3.05) is 6.61 Å². The third-order valence-electron chi connectivity index (χ3n) is 5.13. The molecule has 184 valence electrons. The lowest BCUT2D eigenvalue weighted by Gasteiger charge is -2.44. The number of hydrogen-bond donors (Lipinski definition) is 4. The van der Waals surface area contributed by atoms with Crippen LogP contribution in [0.2, 0.25) is 0 Å². The molecule has 0 radical (unpaired) electrons. The first-order valence-corrected chi connectivity index (χ1v) is 11.3. The van der Waals surface area contributed by atoms with E-state index in [-0.39, 0.29) is 17.7 Å². The van der Waals surface area contributed by atoms with E-state index in [4.69, 9.17) is 4.74 Å². The molecule has 0 spiro atoms. The molecule has 1 fully saturated rings. The predicted octanol–water partition coefficient (Wildman–Crippen LogP) is 2.61. The van der Waals surface area contributed by atoms with E-state index in [0.29, 0.717) is 18.4 Å². The van der Waals surface area contributed by atoms with Gasteiger partial charge in [-0.2, -0.15) is 0 Å². The topological polar surface area (TPSA) is 128 Å². The number of ether oxygens (including phenoxy) is 1. The molecule has 33 heavy (non-hydrogen) atoms. The van der Waals surface area contributed by atoms with E-state index >= 15 is 0 Å². The van der Waals surface area contributed by atoms with E-state index in [1.54, 1.807) is 32.9 Å². The molecule has 9 nitrogen and oxygen atoms in total. The summed E-state index contributed by atoms with van der Waals surface area (Å²) < 4.78 is 5.23. The Morgan fingerprint density at radius 1 is 1.09 bits per heavy atom. The lowest BCUT2D eigenvalue weighted by molar-refractivity contribution is -0.148. The number of alkyl carbamates (subject to hydrolysis) is 1. The Balaban J connectivity index is 2.42. The molecule has 0 aromatic heterocycles. The van der Waals surface area contributed by atoms with Gasteiger partial charge in [-0.05, 0) is 78.5 Å². The second kappa shape index (κ2) is 10.4. The Kier molecular flexibility index (Phi) is 8.35. The van der Waals surface area contributed by atoms with Crippen LogP contribution in [-0.4, -0.2) is 62.9 Å². The third-order valence-corrected chi connectivity index (χ3v) is 5.13. The van der Waals surface area contributed by atoms with Crippen molar-refractivity contribution in [3.63, 3.8) is 0 Å². The first-order valence-electron chi connectivity index (χ1n) is 11.3. The van der Waals surface area contributed by atoms with Crippen LogP contribution >= 0.6 is 0 Å². The fourth-order valence-electron chi connectivity index (χ4n) is 3.53. The normalized spacial score (nSPS) is 16.2. The van der Waals surface area contributed by atoms with Crippen molar-refractivity contribution in [3.05, 3.63) is 29.8 Å². The summed E-state index contributed by atoms with van der Waals surface area (Å²) in [4.78, 5) is 40.8. The van der Waals surface area contributed by atoms with Gasteiger partial charge in [0.2, 0.25) is 11.8 Å². The fraction of sp³-hybridized carbons (Fsp3) is 0.625. The number of amides is 3. The number of phenols is 1. The maximum absolute atomic E-state index is 13.6. The van der Waals surface area contributed by atoms with Crippen molar-refractivity contribution in [1.29, 1.82) is 0 Å². The summed E-state index contributed by atoms with van der Waals surface area (Å²) in [5.41, 5.74) is -0.808. The number of nitrogens with one attached hydrogen (secondary N) is 2. The van der Waals surface area contributed by atoms with Crippen molar-refractivity contribution in [1.82, 2.24) is 15.5 Å². The predicted molar refractivity (Wildman–Crippen MR) is 123 cm³/mol. The Bertz CT molecular complexity index is 837. The summed E-state index contributed by atoms with van der Waals surface area (Å²) in [6.07, 6.45) is 1.48. The van der Waals surface area contributed by atoms with E-state index in [2.05, 4.69) is 10.6 Å². The van der Waals surface area contributed by atoms with Crippen LogP contribution in [0.1, 0.15) is 72.4 Å². The number of nitrogens with zero attached hydrogens (tertiary/aromatic N) is 1. The number of hydrogen-bond acceptors (Lipinski definition) is 6.